The summed E-state index contributed by atoms with van der Waals surface area (Å²) in [7, 11) is 0. The van der Waals surface area contributed by atoms with Crippen LogP contribution in [0.25, 0.3) is 0 Å². The second-order valence-corrected chi connectivity index (χ2v) is 2.60. The Bertz CT molecular complexity index is 382. The molecular weight excluding hydrogens is 202 g/mol. The summed E-state index contributed by atoms with van der Waals surface area (Å²) >= 11 is 0. The van der Waals surface area contributed by atoms with Gasteiger partial charge in [-0.05, 0) is 0 Å². The fourth-order valence-corrected chi connectivity index (χ4v) is 0.958. The van der Waals surface area contributed by atoms with Gasteiger partial charge in [0.05, 0.1) is 0 Å². The quantitative estimate of drug-likeness (QED) is 0.542. The molecule has 15 heavy (non-hydrogen) atoms. The molecule has 0 spiro atoms. The lowest BCUT2D eigenvalue weighted by Crippen LogP contribution is -2.31. The van der Waals surface area contributed by atoms with Crippen molar-refractivity contribution in [2.75, 3.05) is 0 Å². The maximum Gasteiger partial charge on any atom is 0.420 e. The van der Waals surface area contributed by atoms with Crippen LogP contribution in [0.15, 0.2) is 45.9 Å². The average Bonchev–Trinajstić information content (AvgIpc) is 2.33. The molecule has 0 amide bonds. The maximum atomic E-state index is 11.5. The molecule has 0 aliphatic rings. The van der Waals surface area contributed by atoms with E-state index < -0.39 is 11.6 Å². The van der Waals surface area contributed by atoms with Crippen LogP contribution in [0.2, 0.25) is 0 Å². The van der Waals surface area contributed by atoms with E-state index in [0.29, 0.717) is 0 Å². The van der Waals surface area contributed by atoms with E-state index >= 15 is 0 Å². The maximum absolute atomic E-state index is 11.5. The van der Waals surface area contributed by atoms with Crippen LogP contribution in [-0.4, -0.2) is 11.6 Å². The normalized spacial score (nSPS) is 10.4. The zero-order valence-electron chi connectivity index (χ0n) is 7.36. The lowest BCUT2D eigenvalue weighted by atomic mass is 10.1. The predicted octanol–water partition coefficient (Wildman–Crippen LogP) is 1.82. The van der Waals surface area contributed by atoms with Crippen LogP contribution < -0.4 is 0 Å². The van der Waals surface area contributed by atoms with Gasteiger partial charge in [0.25, 0.3) is 0 Å². The zero-order valence-corrected chi connectivity index (χ0v) is 7.36. The van der Waals surface area contributed by atoms with Gasteiger partial charge in [0.1, 0.15) is 0 Å². The SMILES string of the molecule is O=NC(N=O)(N=O)C(=O)c1ccccc1. The zero-order chi connectivity index (χ0) is 11.3. The van der Waals surface area contributed by atoms with E-state index in [1.807, 2.05) is 0 Å². The highest BCUT2D eigenvalue weighted by atomic mass is 16.3. The Morgan fingerprint density at radius 1 is 0.933 bits per heavy atom. The molecule has 1 aromatic carbocycles. The van der Waals surface area contributed by atoms with Crippen LogP contribution in [-0.2, 0) is 0 Å². The van der Waals surface area contributed by atoms with Gasteiger partial charge in [-0.25, -0.2) is 0 Å². The van der Waals surface area contributed by atoms with E-state index in [1.165, 1.54) is 24.3 Å². The van der Waals surface area contributed by atoms with Crippen LogP contribution in [0, 0.1) is 14.7 Å². The molecule has 0 atom stereocenters. The third kappa shape index (κ3) is 1.80. The second kappa shape index (κ2) is 4.27. The summed E-state index contributed by atoms with van der Waals surface area (Å²) in [4.78, 5) is 42.2. The third-order valence-electron chi connectivity index (χ3n) is 1.72. The molecule has 0 fully saturated rings. The van der Waals surface area contributed by atoms with Gasteiger partial charge in [0, 0.05) is 21.1 Å². The van der Waals surface area contributed by atoms with Crippen molar-refractivity contribution in [1.29, 1.82) is 0 Å². The molecule has 0 aromatic heterocycles. The highest BCUT2D eigenvalue weighted by molar-refractivity contribution is 6.02. The van der Waals surface area contributed by atoms with Crippen LogP contribution >= 0.6 is 0 Å². The van der Waals surface area contributed by atoms with Gasteiger partial charge in [-0.1, -0.05) is 30.3 Å². The number of Topliss-reactive ketones (excluding diaryl/α,β-unsaturated/α-hetero) is 1. The molecule has 76 valence electrons. The number of nitroso groups, excluding NO2 is 3. The highest BCUT2D eigenvalue weighted by Crippen LogP contribution is 2.20. The van der Waals surface area contributed by atoms with E-state index in [4.69, 9.17) is 0 Å². The topological polar surface area (TPSA) is 105 Å². The van der Waals surface area contributed by atoms with Gasteiger partial charge < -0.3 is 0 Å². The number of benzene rings is 1. The summed E-state index contributed by atoms with van der Waals surface area (Å²) in [6.45, 7) is 0. The van der Waals surface area contributed by atoms with E-state index in [2.05, 4.69) is 15.5 Å². The molecule has 7 heteroatoms. The first-order chi connectivity index (χ1) is 7.20. The fraction of sp³-hybridized carbons (Fsp3) is 0.125. The van der Waals surface area contributed by atoms with Gasteiger partial charge in [0.2, 0.25) is 5.78 Å². The van der Waals surface area contributed by atoms with Gasteiger partial charge in [-0.15, -0.1) is 14.7 Å². The van der Waals surface area contributed by atoms with Crippen LogP contribution in [0.4, 0.5) is 0 Å². The summed E-state index contributed by atoms with van der Waals surface area (Å²) in [5, 5.41) is 6.22. The van der Waals surface area contributed by atoms with Crippen molar-refractivity contribution in [3.05, 3.63) is 50.6 Å². The molecule has 1 aromatic rings. The number of hydrogen-bond donors (Lipinski definition) is 0. The van der Waals surface area contributed by atoms with Crippen molar-refractivity contribution < 1.29 is 4.79 Å². The van der Waals surface area contributed by atoms with Crippen molar-refractivity contribution in [3.63, 3.8) is 0 Å². The van der Waals surface area contributed by atoms with E-state index in [9.17, 15) is 19.5 Å². The molecule has 0 N–H and O–H groups in total. The molecule has 0 saturated carbocycles. The lowest BCUT2D eigenvalue weighted by molar-refractivity contribution is 0.0898. The smallest absolute Gasteiger partial charge is 0.286 e. The highest BCUT2D eigenvalue weighted by Gasteiger charge is 2.45. The minimum absolute atomic E-state index is 0.0312. The summed E-state index contributed by atoms with van der Waals surface area (Å²) < 4.78 is 0. The molecule has 0 aliphatic carbocycles. The standard InChI is InChI=1S/C8H5N3O4/c12-7(6-4-2-1-3-5-6)8(9-13,10-14)11-15/h1-5H. The summed E-state index contributed by atoms with van der Waals surface area (Å²) in [5.41, 5.74) is -0.0312. The van der Waals surface area contributed by atoms with Gasteiger partial charge in [-0.3, -0.25) is 4.79 Å². The van der Waals surface area contributed by atoms with Crippen LogP contribution in [0.3, 0.4) is 0 Å². The Labute approximate surface area is 83.4 Å². The average molecular weight is 207 g/mol. The Balaban J connectivity index is 3.18. The third-order valence-corrected chi connectivity index (χ3v) is 1.72. The minimum Gasteiger partial charge on any atom is -0.286 e. The summed E-state index contributed by atoms with van der Waals surface area (Å²) in [6.07, 6.45) is 0. The Morgan fingerprint density at radius 3 is 1.80 bits per heavy atom. The van der Waals surface area contributed by atoms with E-state index in [0.717, 1.165) is 0 Å². The number of carbonyl (C=O) groups is 1. The predicted molar refractivity (Wildman–Crippen MR) is 50.9 cm³/mol. The van der Waals surface area contributed by atoms with Gasteiger partial charge in [0.15, 0.2) is 0 Å². The number of ketones is 1. The first-order valence-electron chi connectivity index (χ1n) is 3.83. The molecule has 7 nitrogen and oxygen atoms in total. The van der Waals surface area contributed by atoms with Crippen molar-refractivity contribution in [1.82, 2.24) is 0 Å². The Morgan fingerprint density at radius 2 is 1.40 bits per heavy atom. The minimum atomic E-state index is -2.94. The van der Waals surface area contributed by atoms with E-state index in [1.54, 1.807) is 6.07 Å². The van der Waals surface area contributed by atoms with Gasteiger partial charge in [-0.2, -0.15) is 0 Å². The molecule has 0 radical (unpaired) electrons. The number of nitrogens with zero attached hydrogens (tertiary/aromatic N) is 3. The molecule has 0 saturated heterocycles. The molecule has 0 bridgehead atoms. The number of carbonyl (C=O) groups excluding carboxylic acids is 1. The van der Waals surface area contributed by atoms with Crippen molar-refractivity contribution in [2.45, 2.75) is 5.79 Å². The number of hydrogen-bond acceptors (Lipinski definition) is 7. The van der Waals surface area contributed by atoms with Crippen LogP contribution in [0.1, 0.15) is 10.4 Å². The Hall–Kier alpha value is -2.31. The largest absolute Gasteiger partial charge is 0.420 e. The fourth-order valence-electron chi connectivity index (χ4n) is 0.958. The van der Waals surface area contributed by atoms with Crippen molar-refractivity contribution >= 4 is 5.78 Å². The molecule has 1 rings (SSSR count). The molecule has 0 aliphatic heterocycles. The molecular formula is C8H5N3O4. The molecule has 0 heterocycles. The number of rotatable bonds is 5. The van der Waals surface area contributed by atoms with Crippen molar-refractivity contribution in [2.24, 2.45) is 15.5 Å². The van der Waals surface area contributed by atoms with E-state index in [-0.39, 0.29) is 5.56 Å². The first kappa shape index (κ1) is 10.8. The Kier molecular flexibility index (Phi) is 3.06. The summed E-state index contributed by atoms with van der Waals surface area (Å²) in [5.74, 6) is -4.08. The lowest BCUT2D eigenvalue weighted by Gasteiger charge is -2.07. The van der Waals surface area contributed by atoms with Gasteiger partial charge >= 0.3 is 5.79 Å². The molecule has 0 unspecified atom stereocenters. The van der Waals surface area contributed by atoms with Crippen LogP contribution in [0.5, 0.6) is 0 Å². The second-order valence-electron chi connectivity index (χ2n) is 2.60. The monoisotopic (exact) mass is 207 g/mol. The summed E-state index contributed by atoms with van der Waals surface area (Å²) in [6, 6.07) is 7.25. The first-order valence-corrected chi connectivity index (χ1v) is 3.83. The van der Waals surface area contributed by atoms with Crippen molar-refractivity contribution in [3.8, 4) is 0 Å².